The van der Waals surface area contributed by atoms with Gasteiger partial charge in [-0.05, 0) is 29.3 Å². The normalized spacial score (nSPS) is 17.4. The number of nitrogens with zero attached hydrogens (tertiary/aromatic N) is 3. The van der Waals surface area contributed by atoms with Gasteiger partial charge < -0.3 is 0 Å². The highest BCUT2D eigenvalue weighted by Crippen LogP contribution is 2.32. The second-order valence-corrected chi connectivity index (χ2v) is 8.78. The van der Waals surface area contributed by atoms with Gasteiger partial charge in [-0.2, -0.15) is 0 Å². The molecule has 1 amide bonds. The number of carbonyl (C=O) groups is 1. The van der Waals surface area contributed by atoms with Crippen LogP contribution >= 0.6 is 27.7 Å². The first kappa shape index (κ1) is 19.1. The minimum Gasteiger partial charge on any atom is -0.298 e. The molecular formula is C23H17BrN4OS. The summed E-state index contributed by atoms with van der Waals surface area (Å²) in [4.78, 5) is 18.0. The van der Waals surface area contributed by atoms with Gasteiger partial charge in [0.25, 0.3) is 5.91 Å². The van der Waals surface area contributed by atoms with Crippen LogP contribution < -0.4 is 15.9 Å². The van der Waals surface area contributed by atoms with Crippen LogP contribution in [0.4, 0.5) is 0 Å². The monoisotopic (exact) mass is 476 g/mol. The lowest BCUT2D eigenvalue weighted by molar-refractivity contribution is -0.116. The Morgan fingerprint density at radius 2 is 1.80 bits per heavy atom. The van der Waals surface area contributed by atoms with E-state index in [1.165, 1.54) is 17.3 Å². The van der Waals surface area contributed by atoms with Crippen molar-refractivity contribution in [3.05, 3.63) is 105 Å². The van der Waals surface area contributed by atoms with Crippen LogP contribution in [0.5, 0.6) is 0 Å². The van der Waals surface area contributed by atoms with Crippen molar-refractivity contribution in [3.8, 4) is 0 Å². The summed E-state index contributed by atoms with van der Waals surface area (Å²) in [5.41, 5.74) is 2.66. The van der Waals surface area contributed by atoms with Crippen molar-refractivity contribution in [1.82, 2.24) is 10.3 Å². The van der Waals surface area contributed by atoms with Gasteiger partial charge in [-0.1, -0.05) is 88.4 Å². The molecule has 2 heterocycles. The minimum absolute atomic E-state index is 0.164. The molecule has 1 atom stereocenters. The summed E-state index contributed by atoms with van der Waals surface area (Å²) < 4.78 is 0.958. The molecular weight excluding hydrogens is 460 g/mol. The maximum Gasteiger partial charge on any atom is 0.276 e. The molecule has 5 nitrogen and oxygen atoms in total. The highest BCUT2D eigenvalue weighted by Gasteiger charge is 2.34. The molecule has 0 unspecified atom stereocenters. The van der Waals surface area contributed by atoms with Gasteiger partial charge in [-0.3, -0.25) is 15.1 Å². The maximum atomic E-state index is 13.1. The highest BCUT2D eigenvalue weighted by atomic mass is 79.9. The molecule has 1 N–H and O–H groups in total. The van der Waals surface area contributed by atoms with Crippen LogP contribution in [-0.4, -0.2) is 16.1 Å². The Hall–Kier alpha value is -2.90. The first-order valence-electron chi connectivity index (χ1n) is 9.47. The fourth-order valence-corrected chi connectivity index (χ4v) is 4.73. The quantitative estimate of drug-likeness (QED) is 0.628. The van der Waals surface area contributed by atoms with Crippen molar-refractivity contribution in [1.29, 1.82) is 0 Å². The van der Waals surface area contributed by atoms with Crippen molar-refractivity contribution >= 4 is 44.5 Å². The van der Waals surface area contributed by atoms with E-state index in [2.05, 4.69) is 33.4 Å². The minimum atomic E-state index is -0.411. The van der Waals surface area contributed by atoms with Crippen LogP contribution in [-0.2, 0) is 10.5 Å². The summed E-state index contributed by atoms with van der Waals surface area (Å²) in [6, 6.07) is 25.8. The number of hydrazone groups is 1. The van der Waals surface area contributed by atoms with E-state index in [0.29, 0.717) is 10.9 Å². The second-order valence-electron chi connectivity index (χ2n) is 6.90. The molecule has 0 spiro atoms. The molecule has 0 radical (unpaired) electrons. The Kier molecular flexibility index (Phi) is 5.14. The van der Waals surface area contributed by atoms with E-state index >= 15 is 0 Å². The van der Waals surface area contributed by atoms with E-state index in [1.807, 2.05) is 66.7 Å². The van der Waals surface area contributed by atoms with E-state index in [0.717, 1.165) is 26.4 Å². The number of benzene rings is 3. The zero-order valence-corrected chi connectivity index (χ0v) is 18.2. The number of fused-ring (bicyclic) bond motifs is 2. The first-order chi connectivity index (χ1) is 14.7. The number of hydrogen-bond acceptors (Lipinski definition) is 5. The average Bonchev–Trinajstić information content (AvgIpc) is 2.77. The zero-order valence-electron chi connectivity index (χ0n) is 15.8. The van der Waals surface area contributed by atoms with E-state index < -0.39 is 6.17 Å². The molecule has 0 saturated heterocycles. The van der Waals surface area contributed by atoms with Crippen LogP contribution in [0, 0.1) is 0 Å². The average molecular weight is 477 g/mol. The molecule has 30 heavy (non-hydrogen) atoms. The van der Waals surface area contributed by atoms with Gasteiger partial charge in [-0.15, -0.1) is 5.10 Å². The van der Waals surface area contributed by atoms with Crippen molar-refractivity contribution in [3.63, 3.8) is 0 Å². The van der Waals surface area contributed by atoms with E-state index in [9.17, 15) is 4.79 Å². The number of para-hydroxylation sites is 1. The van der Waals surface area contributed by atoms with Crippen molar-refractivity contribution < 1.29 is 4.79 Å². The van der Waals surface area contributed by atoms with Gasteiger partial charge in [0.05, 0.1) is 5.36 Å². The third-order valence-electron chi connectivity index (χ3n) is 4.88. The molecule has 3 aromatic carbocycles. The third kappa shape index (κ3) is 3.66. The number of thioether (sulfide) groups is 1. The zero-order chi connectivity index (χ0) is 20.5. The largest absolute Gasteiger partial charge is 0.298 e. The summed E-state index contributed by atoms with van der Waals surface area (Å²) >= 11 is 5.04. The van der Waals surface area contributed by atoms with E-state index in [1.54, 1.807) is 5.01 Å². The van der Waals surface area contributed by atoms with Crippen LogP contribution in [0.25, 0.3) is 5.70 Å². The molecule has 7 heteroatoms. The van der Waals surface area contributed by atoms with Gasteiger partial charge in [0.2, 0.25) is 0 Å². The lowest BCUT2D eigenvalue weighted by Crippen LogP contribution is -2.50. The van der Waals surface area contributed by atoms with Crippen molar-refractivity contribution in [2.45, 2.75) is 11.9 Å². The van der Waals surface area contributed by atoms with Crippen LogP contribution in [0.15, 0.2) is 93.4 Å². The predicted octanol–water partition coefficient (Wildman–Crippen LogP) is 3.53. The fraction of sp³-hybridized carbons (Fsp3) is 0.0870. The van der Waals surface area contributed by atoms with Crippen LogP contribution in [0.3, 0.4) is 0 Å². The maximum absolute atomic E-state index is 13.1. The van der Waals surface area contributed by atoms with Gasteiger partial charge in [0.1, 0.15) is 5.70 Å². The standard InChI is InChI=1S/C23H17BrN4OS/c24-17-10-6-9-16(13-17)21-25-19-12-5-4-11-18(19)20-22(29)26-23(27-28(20)21)30-14-15-7-2-1-3-8-15/h1-13,21H,14H2,(H,26,27,29)/t21-/m1/s1. The Morgan fingerprint density at radius 3 is 2.63 bits per heavy atom. The Labute approximate surface area is 186 Å². The molecule has 0 fully saturated rings. The van der Waals surface area contributed by atoms with Crippen molar-refractivity contribution in [2.24, 2.45) is 10.1 Å². The first-order valence-corrected chi connectivity index (χ1v) is 11.3. The number of hydrogen-bond donors (Lipinski definition) is 1. The number of amides is 1. The number of rotatable bonds is 3. The molecule has 0 aromatic heterocycles. The third-order valence-corrected chi connectivity index (χ3v) is 6.31. The summed E-state index contributed by atoms with van der Waals surface area (Å²) in [5, 5.41) is 11.6. The van der Waals surface area contributed by atoms with E-state index in [4.69, 9.17) is 10.1 Å². The molecule has 2 aliphatic rings. The molecule has 3 aromatic rings. The Morgan fingerprint density at radius 1 is 1.00 bits per heavy atom. The smallest absolute Gasteiger partial charge is 0.276 e. The Bertz CT molecular complexity index is 1280. The lowest BCUT2D eigenvalue weighted by atomic mass is 10.1. The highest BCUT2D eigenvalue weighted by molar-refractivity contribution is 9.10. The topological polar surface area (TPSA) is 57.1 Å². The predicted molar refractivity (Wildman–Crippen MR) is 123 cm³/mol. The SMILES string of the molecule is O=C1NC(SCc2ccccc2)=NN2C1=c1ccccc1=N[C@H]2c1cccc(Br)c1. The molecule has 0 saturated carbocycles. The van der Waals surface area contributed by atoms with E-state index in [-0.39, 0.29) is 5.91 Å². The van der Waals surface area contributed by atoms with Gasteiger partial charge >= 0.3 is 0 Å². The second kappa shape index (κ2) is 8.08. The van der Waals surface area contributed by atoms with Gasteiger partial charge in [0.15, 0.2) is 11.3 Å². The summed E-state index contributed by atoms with van der Waals surface area (Å²) in [6.07, 6.45) is -0.411. The molecule has 2 aliphatic heterocycles. The number of amidine groups is 1. The summed E-state index contributed by atoms with van der Waals surface area (Å²) in [5.74, 6) is 0.557. The molecule has 5 rings (SSSR count). The summed E-state index contributed by atoms with van der Waals surface area (Å²) in [7, 11) is 0. The number of halogens is 1. The molecule has 0 aliphatic carbocycles. The van der Waals surface area contributed by atoms with Crippen LogP contribution in [0.1, 0.15) is 17.3 Å². The van der Waals surface area contributed by atoms with Gasteiger partial charge in [0, 0.05) is 15.4 Å². The fourth-order valence-electron chi connectivity index (χ4n) is 3.50. The molecule has 0 bridgehead atoms. The lowest BCUT2D eigenvalue weighted by Gasteiger charge is -2.34. The summed E-state index contributed by atoms with van der Waals surface area (Å²) in [6.45, 7) is 0. The number of nitrogens with one attached hydrogen (secondary N) is 1. The van der Waals surface area contributed by atoms with Gasteiger partial charge in [-0.25, -0.2) is 5.01 Å². The van der Waals surface area contributed by atoms with Crippen molar-refractivity contribution in [2.75, 3.05) is 0 Å². The molecule has 148 valence electrons. The Balaban J connectivity index is 1.58. The van der Waals surface area contributed by atoms with Crippen LogP contribution in [0.2, 0.25) is 0 Å². The number of carbonyl (C=O) groups excluding carboxylic acids is 1.